The summed E-state index contributed by atoms with van der Waals surface area (Å²) >= 11 is 0. The number of rotatable bonds is 1. The number of hydrogen-bond acceptors (Lipinski definition) is 5. The molecule has 3 rings (SSSR count). The molecule has 2 aromatic heterocycles. The van der Waals surface area contributed by atoms with Gasteiger partial charge in [-0.3, -0.25) is 4.79 Å². The van der Waals surface area contributed by atoms with Gasteiger partial charge in [0, 0.05) is 17.8 Å². The van der Waals surface area contributed by atoms with Crippen molar-refractivity contribution in [3.05, 3.63) is 34.1 Å². The van der Waals surface area contributed by atoms with Crippen molar-refractivity contribution >= 4 is 10.9 Å². The Morgan fingerprint density at radius 2 is 2.11 bits per heavy atom. The highest BCUT2D eigenvalue weighted by molar-refractivity contribution is 5.80. The Labute approximate surface area is 109 Å². The van der Waals surface area contributed by atoms with Crippen LogP contribution in [0.2, 0.25) is 0 Å². The van der Waals surface area contributed by atoms with Gasteiger partial charge in [-0.05, 0) is 32.9 Å². The van der Waals surface area contributed by atoms with E-state index in [-0.39, 0.29) is 5.56 Å². The van der Waals surface area contributed by atoms with Gasteiger partial charge in [0.15, 0.2) is 0 Å². The molecule has 19 heavy (non-hydrogen) atoms. The molecule has 0 aliphatic carbocycles. The summed E-state index contributed by atoms with van der Waals surface area (Å²) in [5.41, 5.74) is -0.452. The quantitative estimate of drug-likeness (QED) is 0.681. The standard InChI is InChI=1S/C13H16N4O2/c1-8-15-6-9-7-16-12(18)10(11(9)17-8)13(19)2-4-14-5-3-13/h6-7,14,19H,2-5H2,1H3,(H,16,18). The second-order valence-corrected chi connectivity index (χ2v) is 5.00. The topological polar surface area (TPSA) is 90.9 Å². The van der Waals surface area contributed by atoms with Crippen LogP contribution in [-0.2, 0) is 5.60 Å². The number of H-pyrrole nitrogens is 1. The van der Waals surface area contributed by atoms with E-state index in [2.05, 4.69) is 20.3 Å². The van der Waals surface area contributed by atoms with Gasteiger partial charge in [0.25, 0.3) is 5.56 Å². The van der Waals surface area contributed by atoms with Gasteiger partial charge in [0.2, 0.25) is 0 Å². The summed E-state index contributed by atoms with van der Waals surface area (Å²) in [6, 6.07) is 0. The van der Waals surface area contributed by atoms with E-state index in [9.17, 15) is 9.90 Å². The molecule has 2 aromatic rings. The molecule has 6 heteroatoms. The van der Waals surface area contributed by atoms with Crippen LogP contribution < -0.4 is 10.9 Å². The van der Waals surface area contributed by atoms with Crippen LogP contribution in [0.4, 0.5) is 0 Å². The summed E-state index contributed by atoms with van der Waals surface area (Å²) in [4.78, 5) is 23.3. The van der Waals surface area contributed by atoms with E-state index in [0.29, 0.717) is 42.8 Å². The maximum Gasteiger partial charge on any atom is 0.256 e. The Hall–Kier alpha value is -1.79. The first kappa shape index (κ1) is 12.3. The third-order valence-corrected chi connectivity index (χ3v) is 3.66. The van der Waals surface area contributed by atoms with Gasteiger partial charge in [-0.25, -0.2) is 9.97 Å². The molecule has 1 fully saturated rings. The van der Waals surface area contributed by atoms with Gasteiger partial charge >= 0.3 is 0 Å². The molecule has 6 nitrogen and oxygen atoms in total. The SMILES string of the molecule is Cc1ncc2c[nH]c(=O)c(C3(O)CCNCC3)c2n1. The Morgan fingerprint density at radius 1 is 1.37 bits per heavy atom. The lowest BCUT2D eigenvalue weighted by Gasteiger charge is -2.32. The maximum atomic E-state index is 12.2. The van der Waals surface area contributed by atoms with Crippen molar-refractivity contribution in [2.45, 2.75) is 25.4 Å². The molecule has 100 valence electrons. The first-order valence-electron chi connectivity index (χ1n) is 6.39. The summed E-state index contributed by atoms with van der Waals surface area (Å²) in [5.74, 6) is 0.594. The fourth-order valence-electron chi connectivity index (χ4n) is 2.63. The lowest BCUT2D eigenvalue weighted by molar-refractivity contribution is 0.00592. The van der Waals surface area contributed by atoms with Crippen molar-refractivity contribution in [1.29, 1.82) is 0 Å². The lowest BCUT2D eigenvalue weighted by Crippen LogP contribution is -2.43. The number of aryl methyl sites for hydroxylation is 1. The smallest absolute Gasteiger partial charge is 0.256 e. The molecule has 0 saturated carbocycles. The minimum atomic E-state index is -1.11. The molecule has 3 heterocycles. The minimum Gasteiger partial charge on any atom is -0.385 e. The number of nitrogens with one attached hydrogen (secondary N) is 2. The molecule has 0 spiro atoms. The van der Waals surface area contributed by atoms with Crippen LogP contribution in [0, 0.1) is 6.92 Å². The van der Waals surface area contributed by atoms with Gasteiger partial charge in [0.1, 0.15) is 5.82 Å². The highest BCUT2D eigenvalue weighted by Gasteiger charge is 2.35. The number of aliphatic hydroxyl groups is 1. The van der Waals surface area contributed by atoms with Crippen molar-refractivity contribution in [2.75, 3.05) is 13.1 Å². The van der Waals surface area contributed by atoms with E-state index in [0.717, 1.165) is 5.39 Å². The van der Waals surface area contributed by atoms with Gasteiger partial charge in [-0.2, -0.15) is 0 Å². The van der Waals surface area contributed by atoms with Gasteiger partial charge in [-0.15, -0.1) is 0 Å². The number of pyridine rings is 1. The molecule has 3 N–H and O–H groups in total. The normalized spacial score (nSPS) is 18.6. The number of aromatic nitrogens is 3. The molecule has 0 bridgehead atoms. The van der Waals surface area contributed by atoms with Gasteiger partial charge in [-0.1, -0.05) is 0 Å². The number of aromatic amines is 1. The zero-order valence-electron chi connectivity index (χ0n) is 10.7. The highest BCUT2D eigenvalue weighted by atomic mass is 16.3. The van der Waals surface area contributed by atoms with Crippen LogP contribution in [0.3, 0.4) is 0 Å². The first-order chi connectivity index (χ1) is 9.10. The van der Waals surface area contributed by atoms with Crippen molar-refractivity contribution in [2.24, 2.45) is 0 Å². The highest BCUT2D eigenvalue weighted by Crippen LogP contribution is 2.31. The first-order valence-corrected chi connectivity index (χ1v) is 6.39. The molecule has 0 radical (unpaired) electrons. The van der Waals surface area contributed by atoms with Gasteiger partial charge < -0.3 is 15.4 Å². The third kappa shape index (κ3) is 2.02. The number of fused-ring (bicyclic) bond motifs is 1. The maximum absolute atomic E-state index is 12.2. The van der Waals surface area contributed by atoms with E-state index in [1.54, 1.807) is 19.3 Å². The van der Waals surface area contributed by atoms with Crippen molar-refractivity contribution in [3.8, 4) is 0 Å². The second-order valence-electron chi connectivity index (χ2n) is 5.00. The molecule has 1 aliphatic heterocycles. The van der Waals surface area contributed by atoms with Crippen LogP contribution in [0.15, 0.2) is 17.2 Å². The molecule has 0 aromatic carbocycles. The number of piperidine rings is 1. The van der Waals surface area contributed by atoms with E-state index in [1.807, 2.05) is 0 Å². The van der Waals surface area contributed by atoms with Crippen LogP contribution >= 0.6 is 0 Å². The van der Waals surface area contributed by atoms with Crippen molar-refractivity contribution in [1.82, 2.24) is 20.3 Å². The van der Waals surface area contributed by atoms with Crippen LogP contribution in [0.5, 0.6) is 0 Å². The van der Waals surface area contributed by atoms with Crippen molar-refractivity contribution < 1.29 is 5.11 Å². The monoisotopic (exact) mass is 260 g/mol. The predicted octanol–water partition coefficient (Wildman–Crippen LogP) is 0.198. The van der Waals surface area contributed by atoms with E-state index < -0.39 is 5.60 Å². The number of nitrogens with zero attached hydrogens (tertiary/aromatic N) is 2. The zero-order valence-corrected chi connectivity index (χ0v) is 10.7. The lowest BCUT2D eigenvalue weighted by atomic mass is 9.85. The molecule has 0 amide bonds. The van der Waals surface area contributed by atoms with Crippen molar-refractivity contribution in [3.63, 3.8) is 0 Å². The average molecular weight is 260 g/mol. The molecule has 0 atom stereocenters. The summed E-state index contributed by atoms with van der Waals surface area (Å²) in [5, 5.41) is 14.7. The second kappa shape index (κ2) is 4.40. The fraction of sp³-hybridized carbons (Fsp3) is 0.462. The van der Waals surface area contributed by atoms with E-state index in [4.69, 9.17) is 0 Å². The number of hydrogen-bond donors (Lipinski definition) is 3. The summed E-state index contributed by atoms with van der Waals surface area (Å²) in [6.45, 7) is 3.16. The third-order valence-electron chi connectivity index (χ3n) is 3.66. The summed E-state index contributed by atoms with van der Waals surface area (Å²) in [7, 11) is 0. The van der Waals surface area contributed by atoms with E-state index in [1.165, 1.54) is 0 Å². The van der Waals surface area contributed by atoms with Crippen LogP contribution in [0.1, 0.15) is 24.2 Å². The molecular formula is C13H16N4O2. The Kier molecular flexibility index (Phi) is 2.83. The summed E-state index contributed by atoms with van der Waals surface area (Å²) in [6.07, 6.45) is 4.28. The zero-order chi connectivity index (χ0) is 13.5. The Bertz CT molecular complexity index is 674. The van der Waals surface area contributed by atoms with Crippen LogP contribution in [0.25, 0.3) is 10.9 Å². The fourth-order valence-corrected chi connectivity index (χ4v) is 2.63. The predicted molar refractivity (Wildman–Crippen MR) is 70.9 cm³/mol. The summed E-state index contributed by atoms with van der Waals surface area (Å²) < 4.78 is 0. The Morgan fingerprint density at radius 3 is 2.84 bits per heavy atom. The van der Waals surface area contributed by atoms with Gasteiger partial charge in [0.05, 0.1) is 16.7 Å². The molecule has 0 unspecified atom stereocenters. The van der Waals surface area contributed by atoms with Crippen LogP contribution in [-0.4, -0.2) is 33.1 Å². The largest absolute Gasteiger partial charge is 0.385 e. The minimum absolute atomic E-state index is 0.269. The average Bonchev–Trinajstić information content (AvgIpc) is 2.38. The molecule has 1 aliphatic rings. The van der Waals surface area contributed by atoms with E-state index >= 15 is 0 Å². The Balaban J connectivity index is 2.29. The molecule has 1 saturated heterocycles. The molecular weight excluding hydrogens is 244 g/mol.